The van der Waals surface area contributed by atoms with Gasteiger partial charge in [-0.25, -0.2) is 0 Å². The number of aromatic nitrogens is 1. The molecular weight excluding hydrogens is 336 g/mol. The number of halogens is 1. The maximum absolute atomic E-state index is 12.3. The van der Waals surface area contributed by atoms with Gasteiger partial charge >= 0.3 is 0 Å². The van der Waals surface area contributed by atoms with E-state index in [4.69, 9.17) is 16.3 Å². The molecule has 25 heavy (non-hydrogen) atoms. The minimum absolute atomic E-state index is 0.172. The summed E-state index contributed by atoms with van der Waals surface area (Å²) in [6.45, 7) is 0.725. The van der Waals surface area contributed by atoms with E-state index in [-0.39, 0.29) is 5.91 Å². The van der Waals surface area contributed by atoms with Crippen LogP contribution in [0.4, 0.5) is 0 Å². The molecule has 0 spiro atoms. The maximum atomic E-state index is 12.3. The third kappa shape index (κ3) is 4.81. The third-order valence-corrected chi connectivity index (χ3v) is 3.97. The highest BCUT2D eigenvalue weighted by atomic mass is 35.5. The van der Waals surface area contributed by atoms with Gasteiger partial charge in [-0.1, -0.05) is 41.9 Å². The van der Waals surface area contributed by atoms with Gasteiger partial charge in [0.25, 0.3) is 5.91 Å². The average molecular weight is 353 g/mol. The Balaban J connectivity index is 1.61. The van der Waals surface area contributed by atoms with Crippen LogP contribution < -0.4 is 10.1 Å². The number of rotatable bonds is 6. The third-order valence-electron chi connectivity index (χ3n) is 3.60. The molecule has 5 heteroatoms. The van der Waals surface area contributed by atoms with Gasteiger partial charge in [-0.15, -0.1) is 0 Å². The molecule has 126 valence electrons. The van der Waals surface area contributed by atoms with Crippen LogP contribution in [0.3, 0.4) is 0 Å². The first-order valence-electron chi connectivity index (χ1n) is 7.87. The SMILES string of the molecule is O=C(NCc1ccccn1)c1cccc(OCc2ccccc2Cl)c1. The number of carbonyl (C=O) groups excluding carboxylic acids is 1. The van der Waals surface area contributed by atoms with Gasteiger partial charge in [-0.2, -0.15) is 0 Å². The molecule has 1 N–H and O–H groups in total. The van der Waals surface area contributed by atoms with E-state index in [1.807, 2.05) is 48.5 Å². The van der Waals surface area contributed by atoms with Gasteiger partial charge in [0.1, 0.15) is 12.4 Å². The number of benzene rings is 2. The quantitative estimate of drug-likeness (QED) is 0.721. The fourth-order valence-electron chi connectivity index (χ4n) is 2.28. The number of carbonyl (C=O) groups is 1. The second-order valence-corrected chi connectivity index (χ2v) is 5.82. The first-order valence-corrected chi connectivity index (χ1v) is 8.24. The van der Waals surface area contributed by atoms with Crippen LogP contribution in [0.15, 0.2) is 72.9 Å². The lowest BCUT2D eigenvalue weighted by molar-refractivity contribution is 0.0950. The number of hydrogen-bond donors (Lipinski definition) is 1. The molecule has 0 atom stereocenters. The van der Waals surface area contributed by atoms with Crippen molar-refractivity contribution in [2.45, 2.75) is 13.2 Å². The largest absolute Gasteiger partial charge is 0.489 e. The van der Waals surface area contributed by atoms with Crippen molar-refractivity contribution >= 4 is 17.5 Å². The lowest BCUT2D eigenvalue weighted by atomic mass is 10.2. The molecule has 0 saturated heterocycles. The Hall–Kier alpha value is -2.85. The Morgan fingerprint density at radius 3 is 2.68 bits per heavy atom. The van der Waals surface area contributed by atoms with Crippen molar-refractivity contribution in [1.82, 2.24) is 10.3 Å². The topological polar surface area (TPSA) is 51.2 Å². The van der Waals surface area contributed by atoms with Crippen LogP contribution in [0.25, 0.3) is 0 Å². The molecule has 0 aliphatic rings. The minimum Gasteiger partial charge on any atom is -0.489 e. The Morgan fingerprint density at radius 2 is 1.88 bits per heavy atom. The fraction of sp³-hybridized carbons (Fsp3) is 0.100. The summed E-state index contributed by atoms with van der Waals surface area (Å²) in [6, 6.07) is 20.2. The Morgan fingerprint density at radius 1 is 1.04 bits per heavy atom. The molecular formula is C20H17ClN2O2. The summed E-state index contributed by atoms with van der Waals surface area (Å²) in [5, 5.41) is 3.51. The normalized spacial score (nSPS) is 10.3. The summed E-state index contributed by atoms with van der Waals surface area (Å²) in [5.41, 5.74) is 2.24. The summed E-state index contributed by atoms with van der Waals surface area (Å²) in [4.78, 5) is 16.5. The van der Waals surface area contributed by atoms with Gasteiger partial charge < -0.3 is 10.1 Å². The zero-order valence-corrected chi connectivity index (χ0v) is 14.2. The number of nitrogens with one attached hydrogen (secondary N) is 1. The van der Waals surface area contributed by atoms with Gasteiger partial charge in [-0.3, -0.25) is 9.78 Å². The first kappa shape index (κ1) is 17.0. The van der Waals surface area contributed by atoms with Gasteiger partial charge in [-0.05, 0) is 36.4 Å². The molecule has 2 aromatic carbocycles. The van der Waals surface area contributed by atoms with Crippen molar-refractivity contribution in [1.29, 1.82) is 0 Å². The van der Waals surface area contributed by atoms with Gasteiger partial charge in [0.2, 0.25) is 0 Å². The molecule has 0 fully saturated rings. The summed E-state index contributed by atoms with van der Waals surface area (Å²) in [5.74, 6) is 0.444. The van der Waals surface area contributed by atoms with E-state index in [0.29, 0.717) is 29.5 Å². The van der Waals surface area contributed by atoms with E-state index in [1.54, 1.807) is 24.4 Å². The zero-order chi connectivity index (χ0) is 17.5. The van der Waals surface area contributed by atoms with E-state index in [9.17, 15) is 4.79 Å². The van der Waals surface area contributed by atoms with E-state index < -0.39 is 0 Å². The zero-order valence-electron chi connectivity index (χ0n) is 13.5. The Labute approximate surface area is 151 Å². The van der Waals surface area contributed by atoms with E-state index in [1.165, 1.54) is 0 Å². The summed E-state index contributed by atoms with van der Waals surface area (Å²) in [7, 11) is 0. The molecule has 0 aliphatic heterocycles. The van der Waals surface area contributed by atoms with Gasteiger partial charge in [0, 0.05) is 22.3 Å². The second kappa shape index (κ2) is 8.31. The van der Waals surface area contributed by atoms with Crippen LogP contribution in [0.5, 0.6) is 5.75 Å². The van der Waals surface area contributed by atoms with Crippen molar-refractivity contribution in [3.05, 3.63) is 94.8 Å². The summed E-state index contributed by atoms with van der Waals surface area (Å²) >= 11 is 6.12. The number of nitrogens with zero attached hydrogens (tertiary/aromatic N) is 1. The first-order chi connectivity index (χ1) is 12.2. The van der Waals surface area contributed by atoms with E-state index in [2.05, 4.69) is 10.3 Å². The monoisotopic (exact) mass is 352 g/mol. The maximum Gasteiger partial charge on any atom is 0.251 e. The van der Waals surface area contributed by atoms with E-state index in [0.717, 1.165) is 11.3 Å². The lowest BCUT2D eigenvalue weighted by Gasteiger charge is -2.09. The molecule has 0 radical (unpaired) electrons. The van der Waals surface area contributed by atoms with Crippen LogP contribution in [-0.2, 0) is 13.2 Å². The predicted molar refractivity (Wildman–Crippen MR) is 97.6 cm³/mol. The number of hydrogen-bond acceptors (Lipinski definition) is 3. The molecule has 0 aliphatic carbocycles. The molecule has 1 heterocycles. The Kier molecular flexibility index (Phi) is 5.65. The molecule has 4 nitrogen and oxygen atoms in total. The molecule has 3 rings (SSSR count). The van der Waals surface area contributed by atoms with Crippen molar-refractivity contribution in [2.24, 2.45) is 0 Å². The lowest BCUT2D eigenvalue weighted by Crippen LogP contribution is -2.23. The number of pyridine rings is 1. The predicted octanol–water partition coefficient (Wildman–Crippen LogP) is 4.24. The minimum atomic E-state index is -0.172. The van der Waals surface area contributed by atoms with E-state index >= 15 is 0 Å². The van der Waals surface area contributed by atoms with Crippen molar-refractivity contribution in [3.63, 3.8) is 0 Å². The molecule has 1 aromatic heterocycles. The standard InChI is InChI=1S/C20H17ClN2O2/c21-19-10-2-1-6-16(19)14-25-18-9-5-7-15(12-18)20(24)23-13-17-8-3-4-11-22-17/h1-12H,13-14H2,(H,23,24). The average Bonchev–Trinajstić information content (AvgIpc) is 2.66. The van der Waals surface area contributed by atoms with Gasteiger partial charge in [0.05, 0.1) is 12.2 Å². The molecule has 3 aromatic rings. The van der Waals surface area contributed by atoms with Crippen LogP contribution >= 0.6 is 11.6 Å². The Bertz CT molecular complexity index is 853. The number of amides is 1. The van der Waals surface area contributed by atoms with Crippen molar-refractivity contribution in [2.75, 3.05) is 0 Å². The molecule has 0 bridgehead atoms. The van der Waals surface area contributed by atoms with Crippen molar-refractivity contribution < 1.29 is 9.53 Å². The second-order valence-electron chi connectivity index (χ2n) is 5.41. The summed E-state index contributed by atoms with van der Waals surface area (Å²) in [6.07, 6.45) is 1.70. The van der Waals surface area contributed by atoms with Crippen LogP contribution in [0.1, 0.15) is 21.6 Å². The van der Waals surface area contributed by atoms with Crippen molar-refractivity contribution in [3.8, 4) is 5.75 Å². The van der Waals surface area contributed by atoms with Crippen LogP contribution in [0.2, 0.25) is 5.02 Å². The number of ether oxygens (including phenoxy) is 1. The molecule has 0 unspecified atom stereocenters. The molecule has 0 saturated carbocycles. The smallest absolute Gasteiger partial charge is 0.251 e. The molecule has 1 amide bonds. The summed E-state index contributed by atoms with van der Waals surface area (Å²) < 4.78 is 5.75. The fourth-order valence-corrected chi connectivity index (χ4v) is 2.47. The highest BCUT2D eigenvalue weighted by Crippen LogP contribution is 2.19. The van der Waals surface area contributed by atoms with Crippen LogP contribution in [0, 0.1) is 0 Å². The highest BCUT2D eigenvalue weighted by molar-refractivity contribution is 6.31. The van der Waals surface area contributed by atoms with Crippen LogP contribution in [-0.4, -0.2) is 10.9 Å². The van der Waals surface area contributed by atoms with Gasteiger partial charge in [0.15, 0.2) is 0 Å². The highest BCUT2D eigenvalue weighted by Gasteiger charge is 2.07.